The Balaban J connectivity index is 1.42. The fourth-order valence-corrected chi connectivity index (χ4v) is 8.85. The molecule has 180 valence electrons. The second-order valence-electron chi connectivity index (χ2n) is 12.8. The van der Waals surface area contributed by atoms with E-state index in [-0.39, 0.29) is 11.8 Å². The predicted octanol–water partition coefficient (Wildman–Crippen LogP) is 6.88. The Kier molecular flexibility index (Phi) is 5.86. The van der Waals surface area contributed by atoms with Gasteiger partial charge in [-0.15, -0.1) is 0 Å². The lowest BCUT2D eigenvalue weighted by atomic mass is 9.44. The lowest BCUT2D eigenvalue weighted by molar-refractivity contribution is -0.255. The van der Waals surface area contributed by atoms with Crippen molar-refractivity contribution >= 4 is 0 Å². The fraction of sp³-hybridized carbons (Fsp3) is 1.00. The Morgan fingerprint density at radius 2 is 1.55 bits per heavy atom. The first-order valence-electron chi connectivity index (χ1n) is 12.7. The van der Waals surface area contributed by atoms with E-state index in [1.54, 1.807) is 0 Å². The average molecular weight is 445 g/mol. The van der Waals surface area contributed by atoms with Crippen molar-refractivity contribution in [2.45, 2.75) is 122 Å². The van der Waals surface area contributed by atoms with Crippen LogP contribution in [0.25, 0.3) is 0 Å². The van der Waals surface area contributed by atoms with Crippen molar-refractivity contribution in [3.63, 3.8) is 0 Å². The standard InChI is InChI=1S/C26H43F3O2/c1-22(30)14-15-24(3)18(16-22)7-9-19-20-10-8-17(23(20,2)13-11-21(19)24)6-5-12-25(4,31)26(27,28)29/h17-21,30-31H,5-16H2,1-4H3/t17-,18?,19?,20?,21?,22-,23?,24?,25-/m0/s1. The topological polar surface area (TPSA) is 40.5 Å². The van der Waals surface area contributed by atoms with E-state index < -0.39 is 17.4 Å². The molecule has 4 fully saturated rings. The van der Waals surface area contributed by atoms with Gasteiger partial charge in [-0.3, -0.25) is 0 Å². The molecule has 4 aliphatic rings. The Morgan fingerprint density at radius 3 is 2.23 bits per heavy atom. The minimum Gasteiger partial charge on any atom is -0.390 e. The van der Waals surface area contributed by atoms with E-state index in [4.69, 9.17) is 0 Å². The summed E-state index contributed by atoms with van der Waals surface area (Å²) < 4.78 is 39.1. The molecule has 0 radical (unpaired) electrons. The summed E-state index contributed by atoms with van der Waals surface area (Å²) in [6.45, 7) is 7.85. The SMILES string of the molecule is CC12CC[C@](C)(O)CC1CCC1C2CCC2(C)C1CC[C@@H]2CCC[C@](C)(O)C(F)(F)F. The maximum absolute atomic E-state index is 13.0. The molecule has 0 amide bonds. The number of hydrogen-bond acceptors (Lipinski definition) is 2. The van der Waals surface area contributed by atoms with Gasteiger partial charge >= 0.3 is 6.18 Å². The van der Waals surface area contributed by atoms with Crippen LogP contribution in [0.2, 0.25) is 0 Å². The van der Waals surface area contributed by atoms with E-state index in [1.807, 2.05) is 6.92 Å². The molecule has 31 heavy (non-hydrogen) atoms. The highest BCUT2D eigenvalue weighted by molar-refractivity contribution is 5.10. The van der Waals surface area contributed by atoms with Gasteiger partial charge in [0.25, 0.3) is 0 Å². The minimum atomic E-state index is -4.55. The van der Waals surface area contributed by atoms with Crippen LogP contribution in [0.3, 0.4) is 0 Å². The number of aliphatic hydroxyl groups is 2. The third-order valence-corrected chi connectivity index (χ3v) is 11.0. The maximum atomic E-state index is 13.0. The average Bonchev–Trinajstić information content (AvgIpc) is 2.98. The van der Waals surface area contributed by atoms with E-state index in [1.165, 1.54) is 32.1 Å². The summed E-state index contributed by atoms with van der Waals surface area (Å²) >= 11 is 0. The van der Waals surface area contributed by atoms with E-state index in [9.17, 15) is 23.4 Å². The molecule has 6 unspecified atom stereocenters. The second-order valence-corrected chi connectivity index (χ2v) is 12.8. The lowest BCUT2D eigenvalue weighted by Gasteiger charge is -2.62. The molecule has 0 aromatic carbocycles. The van der Waals surface area contributed by atoms with Gasteiger partial charge in [-0.05, 0) is 131 Å². The van der Waals surface area contributed by atoms with Crippen LogP contribution in [0.15, 0.2) is 0 Å². The van der Waals surface area contributed by atoms with Gasteiger partial charge in [0.2, 0.25) is 0 Å². The Hall–Kier alpha value is -0.290. The summed E-state index contributed by atoms with van der Waals surface area (Å²) in [5.74, 6) is 3.29. The largest absolute Gasteiger partial charge is 0.416 e. The number of alkyl halides is 3. The zero-order valence-electron chi connectivity index (χ0n) is 19.9. The number of fused-ring (bicyclic) bond motifs is 5. The Morgan fingerprint density at radius 1 is 0.871 bits per heavy atom. The highest BCUT2D eigenvalue weighted by Crippen LogP contribution is 2.68. The first-order chi connectivity index (χ1) is 14.2. The molecule has 4 aliphatic carbocycles. The van der Waals surface area contributed by atoms with E-state index in [0.29, 0.717) is 29.6 Å². The highest BCUT2D eigenvalue weighted by Gasteiger charge is 2.60. The molecule has 4 rings (SSSR count). The highest BCUT2D eigenvalue weighted by atomic mass is 19.4. The van der Waals surface area contributed by atoms with Crippen molar-refractivity contribution in [2.75, 3.05) is 0 Å². The summed E-state index contributed by atoms with van der Waals surface area (Å²) in [6, 6.07) is 0. The number of hydrogen-bond donors (Lipinski definition) is 2. The van der Waals surface area contributed by atoms with Crippen LogP contribution in [0.4, 0.5) is 13.2 Å². The third kappa shape index (κ3) is 3.98. The molecule has 0 aromatic heterocycles. The molecule has 0 aliphatic heterocycles. The monoisotopic (exact) mass is 444 g/mol. The van der Waals surface area contributed by atoms with Crippen molar-refractivity contribution in [2.24, 2.45) is 40.4 Å². The van der Waals surface area contributed by atoms with E-state index in [0.717, 1.165) is 50.9 Å². The zero-order valence-corrected chi connectivity index (χ0v) is 19.9. The summed E-state index contributed by atoms with van der Waals surface area (Å²) in [7, 11) is 0. The maximum Gasteiger partial charge on any atom is 0.416 e. The summed E-state index contributed by atoms with van der Waals surface area (Å²) in [5.41, 5.74) is -2.49. The van der Waals surface area contributed by atoms with Crippen molar-refractivity contribution in [3.05, 3.63) is 0 Å². The molecule has 0 saturated heterocycles. The fourth-order valence-electron chi connectivity index (χ4n) is 8.85. The van der Waals surface area contributed by atoms with Gasteiger partial charge in [0.05, 0.1) is 5.60 Å². The van der Waals surface area contributed by atoms with Crippen LogP contribution in [0.1, 0.15) is 105 Å². The number of rotatable bonds is 4. The first kappa shape index (κ1) is 23.9. The van der Waals surface area contributed by atoms with Crippen LogP contribution in [0, 0.1) is 40.4 Å². The van der Waals surface area contributed by atoms with Crippen molar-refractivity contribution < 1.29 is 23.4 Å². The van der Waals surface area contributed by atoms with Crippen molar-refractivity contribution in [1.29, 1.82) is 0 Å². The lowest BCUT2D eigenvalue weighted by Crippen LogP contribution is -2.55. The molecule has 0 spiro atoms. The summed E-state index contributed by atoms with van der Waals surface area (Å²) in [6.07, 6.45) is 6.75. The Labute approximate surface area is 186 Å². The van der Waals surface area contributed by atoms with Gasteiger partial charge in [-0.25, -0.2) is 0 Å². The van der Waals surface area contributed by atoms with Gasteiger partial charge in [0.1, 0.15) is 0 Å². The quantitative estimate of drug-likeness (QED) is 0.496. The second kappa shape index (κ2) is 7.61. The molecular weight excluding hydrogens is 401 g/mol. The van der Waals surface area contributed by atoms with E-state index in [2.05, 4.69) is 13.8 Å². The zero-order chi connectivity index (χ0) is 22.9. The molecule has 2 nitrogen and oxygen atoms in total. The molecule has 2 N–H and O–H groups in total. The molecular formula is C26H43F3O2. The van der Waals surface area contributed by atoms with Gasteiger partial charge in [-0.2, -0.15) is 13.2 Å². The van der Waals surface area contributed by atoms with Crippen LogP contribution < -0.4 is 0 Å². The molecule has 4 saturated carbocycles. The Bertz CT molecular complexity index is 672. The van der Waals surface area contributed by atoms with Gasteiger partial charge in [0.15, 0.2) is 5.60 Å². The van der Waals surface area contributed by atoms with Crippen molar-refractivity contribution in [3.8, 4) is 0 Å². The normalized spacial score (nSPS) is 49.6. The first-order valence-corrected chi connectivity index (χ1v) is 12.7. The third-order valence-electron chi connectivity index (χ3n) is 11.0. The molecule has 0 heterocycles. The summed E-state index contributed by atoms with van der Waals surface area (Å²) in [4.78, 5) is 0. The minimum absolute atomic E-state index is 0.195. The molecule has 5 heteroatoms. The van der Waals surface area contributed by atoms with E-state index >= 15 is 0 Å². The predicted molar refractivity (Wildman–Crippen MR) is 116 cm³/mol. The van der Waals surface area contributed by atoms with Gasteiger partial charge < -0.3 is 10.2 Å². The summed E-state index contributed by atoms with van der Waals surface area (Å²) in [5, 5.41) is 20.5. The smallest absolute Gasteiger partial charge is 0.390 e. The van der Waals surface area contributed by atoms with Crippen LogP contribution in [0.5, 0.6) is 0 Å². The van der Waals surface area contributed by atoms with Gasteiger partial charge in [-0.1, -0.05) is 13.8 Å². The van der Waals surface area contributed by atoms with Crippen LogP contribution >= 0.6 is 0 Å². The molecule has 0 aromatic rings. The van der Waals surface area contributed by atoms with Crippen LogP contribution in [-0.4, -0.2) is 27.6 Å². The van der Waals surface area contributed by atoms with Gasteiger partial charge in [0, 0.05) is 0 Å². The number of halogens is 3. The van der Waals surface area contributed by atoms with Crippen molar-refractivity contribution in [1.82, 2.24) is 0 Å². The van der Waals surface area contributed by atoms with Crippen LogP contribution in [-0.2, 0) is 0 Å². The molecule has 0 bridgehead atoms. The molecule has 9 atom stereocenters.